The van der Waals surface area contributed by atoms with Gasteiger partial charge in [-0.2, -0.15) is 0 Å². The lowest BCUT2D eigenvalue weighted by atomic mass is 10.2. The largest absolute Gasteiger partial charge is 0.323 e. The van der Waals surface area contributed by atoms with Crippen LogP contribution in [0.5, 0.6) is 0 Å². The number of nitrogens with one attached hydrogen (secondary N) is 2. The van der Waals surface area contributed by atoms with Gasteiger partial charge in [-0.3, -0.25) is 4.79 Å². The highest BCUT2D eigenvalue weighted by molar-refractivity contribution is 9.10. The van der Waals surface area contributed by atoms with Crippen molar-refractivity contribution < 1.29 is 9.18 Å². The number of benzene rings is 3. The molecule has 4 rings (SSSR count). The number of hydrogen-bond donors (Lipinski definition) is 2. The molecule has 0 saturated carbocycles. The molecule has 4 aromatic rings. The Bertz CT molecular complexity index is 1250. The monoisotopic (exact) mass is 506 g/mol. The van der Waals surface area contributed by atoms with E-state index in [1.54, 1.807) is 34.9 Å². The van der Waals surface area contributed by atoms with Gasteiger partial charge in [0.2, 0.25) is 5.95 Å². The van der Waals surface area contributed by atoms with E-state index in [1.807, 2.05) is 19.2 Å². The lowest BCUT2D eigenvalue weighted by molar-refractivity contribution is 0.102. The van der Waals surface area contributed by atoms with Crippen LogP contribution in [-0.4, -0.2) is 15.5 Å². The van der Waals surface area contributed by atoms with Crippen molar-refractivity contribution in [1.82, 2.24) is 9.55 Å². The van der Waals surface area contributed by atoms with Crippen molar-refractivity contribution in [2.75, 3.05) is 10.6 Å². The quantitative estimate of drug-likeness (QED) is 0.320. The van der Waals surface area contributed by atoms with Crippen LogP contribution in [0, 0.1) is 5.82 Å². The van der Waals surface area contributed by atoms with Gasteiger partial charge in [-0.05, 0) is 54.6 Å². The molecular formula is C21H14BrCl2FN4O. The first-order valence-corrected chi connectivity index (χ1v) is 10.3. The third-order valence-electron chi connectivity index (χ3n) is 4.49. The smallest absolute Gasteiger partial charge is 0.255 e. The number of aromatic nitrogens is 2. The molecule has 0 aliphatic heterocycles. The number of amides is 1. The summed E-state index contributed by atoms with van der Waals surface area (Å²) in [6, 6.07) is 14.9. The zero-order valence-corrected chi connectivity index (χ0v) is 18.6. The second-order valence-corrected chi connectivity index (χ2v) is 8.26. The van der Waals surface area contributed by atoms with E-state index in [1.165, 1.54) is 12.1 Å². The van der Waals surface area contributed by atoms with Crippen molar-refractivity contribution in [3.8, 4) is 0 Å². The molecule has 0 unspecified atom stereocenters. The highest BCUT2D eigenvalue weighted by Gasteiger charge is 2.15. The van der Waals surface area contributed by atoms with Crippen LogP contribution in [0.4, 0.5) is 21.7 Å². The summed E-state index contributed by atoms with van der Waals surface area (Å²) in [6.07, 6.45) is 0. The Balaban J connectivity index is 1.63. The lowest BCUT2D eigenvalue weighted by Gasteiger charge is -2.10. The second-order valence-electron chi connectivity index (χ2n) is 6.53. The van der Waals surface area contributed by atoms with Crippen LogP contribution in [0.3, 0.4) is 0 Å². The third-order valence-corrected chi connectivity index (χ3v) is 5.61. The van der Waals surface area contributed by atoms with E-state index in [2.05, 4.69) is 31.5 Å². The molecule has 0 fully saturated rings. The molecule has 0 aliphatic carbocycles. The van der Waals surface area contributed by atoms with Gasteiger partial charge in [0.15, 0.2) is 0 Å². The highest BCUT2D eigenvalue weighted by Crippen LogP contribution is 2.34. The minimum atomic E-state index is -0.526. The zero-order valence-electron chi connectivity index (χ0n) is 15.5. The van der Waals surface area contributed by atoms with Crippen molar-refractivity contribution in [3.63, 3.8) is 0 Å². The number of nitrogens with zero attached hydrogens (tertiary/aromatic N) is 2. The normalized spacial score (nSPS) is 11.0. The molecule has 0 aliphatic rings. The molecule has 0 saturated heterocycles. The standard InChI is InChI=1S/C21H14BrCl2FN4O/c1-29-18-7-2-11(20(30)26-14-5-3-12(22)4-6-14)8-17(18)27-21(29)28-19-15(23)9-13(25)10-16(19)24/h2-10H,1H3,(H,26,30)(H,27,28). The number of imidazole rings is 1. The fourth-order valence-electron chi connectivity index (χ4n) is 2.96. The van der Waals surface area contributed by atoms with E-state index in [-0.39, 0.29) is 16.0 Å². The molecule has 3 aromatic carbocycles. The molecule has 5 nitrogen and oxygen atoms in total. The molecule has 0 radical (unpaired) electrons. The first kappa shape index (κ1) is 20.7. The van der Waals surface area contributed by atoms with E-state index in [0.717, 1.165) is 9.99 Å². The third kappa shape index (κ3) is 4.14. The summed E-state index contributed by atoms with van der Waals surface area (Å²) < 4.78 is 16.2. The van der Waals surface area contributed by atoms with Gasteiger partial charge >= 0.3 is 0 Å². The van der Waals surface area contributed by atoms with E-state index in [4.69, 9.17) is 23.2 Å². The summed E-state index contributed by atoms with van der Waals surface area (Å²) in [7, 11) is 1.81. The van der Waals surface area contributed by atoms with Crippen LogP contribution >= 0.6 is 39.1 Å². The number of carbonyl (C=O) groups is 1. The Morgan fingerprint density at radius 1 is 1.07 bits per heavy atom. The van der Waals surface area contributed by atoms with E-state index in [0.29, 0.717) is 28.4 Å². The topological polar surface area (TPSA) is 59.0 Å². The maximum Gasteiger partial charge on any atom is 0.255 e. The number of fused-ring (bicyclic) bond motifs is 1. The average Bonchev–Trinajstić information content (AvgIpc) is 3.01. The van der Waals surface area contributed by atoms with Crippen molar-refractivity contribution >= 4 is 73.4 Å². The zero-order chi connectivity index (χ0) is 21.4. The molecule has 0 atom stereocenters. The van der Waals surface area contributed by atoms with Crippen molar-refractivity contribution in [1.29, 1.82) is 0 Å². The maximum absolute atomic E-state index is 13.4. The molecule has 1 aromatic heterocycles. The van der Waals surface area contributed by atoms with Crippen LogP contribution in [0.15, 0.2) is 59.1 Å². The number of aryl methyl sites for hydroxylation is 1. The SMILES string of the molecule is Cn1c(Nc2c(Cl)cc(F)cc2Cl)nc2cc(C(=O)Nc3ccc(Br)cc3)ccc21. The molecular weight excluding hydrogens is 494 g/mol. The highest BCUT2D eigenvalue weighted by atomic mass is 79.9. The fraction of sp³-hybridized carbons (Fsp3) is 0.0476. The van der Waals surface area contributed by atoms with E-state index in [9.17, 15) is 9.18 Å². The number of rotatable bonds is 4. The van der Waals surface area contributed by atoms with Gasteiger partial charge in [-0.1, -0.05) is 39.1 Å². The summed E-state index contributed by atoms with van der Waals surface area (Å²) >= 11 is 15.6. The number of anilines is 3. The molecule has 1 amide bonds. The van der Waals surface area contributed by atoms with Gasteiger partial charge in [-0.15, -0.1) is 0 Å². The Hall–Kier alpha value is -2.61. The number of carbonyl (C=O) groups excluding carboxylic acids is 1. The molecule has 2 N–H and O–H groups in total. The first-order chi connectivity index (χ1) is 14.3. The van der Waals surface area contributed by atoms with Gasteiger partial charge in [-0.25, -0.2) is 9.37 Å². The van der Waals surface area contributed by atoms with Crippen molar-refractivity contribution in [2.24, 2.45) is 7.05 Å². The van der Waals surface area contributed by atoms with E-state index < -0.39 is 5.82 Å². The summed E-state index contributed by atoms with van der Waals surface area (Å²) in [5, 5.41) is 6.17. The summed E-state index contributed by atoms with van der Waals surface area (Å²) in [5.41, 5.74) is 2.91. The predicted octanol–water partition coefficient (Wildman–Crippen LogP) is 6.78. The van der Waals surface area contributed by atoms with Crippen LogP contribution in [0.1, 0.15) is 10.4 Å². The molecule has 0 spiro atoms. The van der Waals surface area contributed by atoms with Crippen molar-refractivity contribution in [3.05, 3.63) is 80.5 Å². The Morgan fingerprint density at radius 2 is 1.73 bits per heavy atom. The molecule has 0 bridgehead atoms. The minimum Gasteiger partial charge on any atom is -0.323 e. The Morgan fingerprint density at radius 3 is 2.40 bits per heavy atom. The fourth-order valence-corrected chi connectivity index (χ4v) is 3.78. The number of halogens is 4. The van der Waals surface area contributed by atoms with Gasteiger partial charge in [0.05, 0.1) is 26.8 Å². The van der Waals surface area contributed by atoms with Gasteiger partial charge < -0.3 is 15.2 Å². The average molecular weight is 508 g/mol. The summed E-state index contributed by atoms with van der Waals surface area (Å²) in [4.78, 5) is 17.1. The molecule has 152 valence electrons. The first-order valence-electron chi connectivity index (χ1n) is 8.77. The van der Waals surface area contributed by atoms with Gasteiger partial charge in [0.1, 0.15) is 5.82 Å². The number of hydrogen-bond acceptors (Lipinski definition) is 3. The maximum atomic E-state index is 13.4. The van der Waals surface area contributed by atoms with Crippen LogP contribution in [0.2, 0.25) is 10.0 Å². The van der Waals surface area contributed by atoms with Crippen LogP contribution in [-0.2, 0) is 7.05 Å². The van der Waals surface area contributed by atoms with Crippen molar-refractivity contribution in [2.45, 2.75) is 0 Å². The van der Waals surface area contributed by atoms with Crippen LogP contribution < -0.4 is 10.6 Å². The molecule has 9 heteroatoms. The van der Waals surface area contributed by atoms with Gasteiger partial charge in [0, 0.05) is 22.8 Å². The summed E-state index contributed by atoms with van der Waals surface area (Å²) in [5.74, 6) is -0.322. The molecule has 1 heterocycles. The predicted molar refractivity (Wildman–Crippen MR) is 123 cm³/mol. The Labute approximate surface area is 189 Å². The lowest BCUT2D eigenvalue weighted by Crippen LogP contribution is -2.11. The molecule has 30 heavy (non-hydrogen) atoms. The summed E-state index contributed by atoms with van der Waals surface area (Å²) in [6.45, 7) is 0. The Kier molecular flexibility index (Phi) is 5.69. The van der Waals surface area contributed by atoms with Crippen LogP contribution in [0.25, 0.3) is 11.0 Å². The van der Waals surface area contributed by atoms with Gasteiger partial charge in [0.25, 0.3) is 5.91 Å². The minimum absolute atomic E-state index is 0.140. The second kappa shape index (κ2) is 8.26. The van der Waals surface area contributed by atoms with E-state index >= 15 is 0 Å².